The van der Waals surface area contributed by atoms with Gasteiger partial charge in [0.05, 0.1) is 12.8 Å². The molecule has 0 fully saturated rings. The molecule has 1 aliphatic rings. The zero-order valence-electron chi connectivity index (χ0n) is 12.4. The average Bonchev–Trinajstić information content (AvgIpc) is 2.52. The monoisotopic (exact) mass is 282 g/mol. The summed E-state index contributed by atoms with van der Waals surface area (Å²) in [5.74, 6) is 0.946. The largest absolute Gasteiger partial charge is 0.495 e. The first-order valence-corrected chi connectivity index (χ1v) is 7.53. The van der Waals surface area contributed by atoms with E-state index in [1.54, 1.807) is 7.11 Å². The number of anilines is 2. The van der Waals surface area contributed by atoms with E-state index in [1.165, 1.54) is 23.2 Å². The number of fused-ring (bicyclic) bond motifs is 1. The molecule has 1 atom stereocenters. The Balaban J connectivity index is 1.66. The first-order chi connectivity index (χ1) is 10.3. The van der Waals surface area contributed by atoms with Crippen LogP contribution in [0.4, 0.5) is 11.4 Å². The molecule has 110 valence electrons. The molecule has 0 saturated carbocycles. The molecular formula is C18H22N2O. The van der Waals surface area contributed by atoms with Gasteiger partial charge in [-0.15, -0.1) is 0 Å². The Hall–Kier alpha value is -2.16. The van der Waals surface area contributed by atoms with Crippen LogP contribution in [0.5, 0.6) is 5.75 Å². The predicted octanol–water partition coefficient (Wildman–Crippen LogP) is 3.64. The summed E-state index contributed by atoms with van der Waals surface area (Å²) in [6.45, 7) is 0. The van der Waals surface area contributed by atoms with Gasteiger partial charge in [-0.2, -0.15) is 0 Å². The number of hydrogen-bond donors (Lipinski definition) is 2. The summed E-state index contributed by atoms with van der Waals surface area (Å²) < 4.78 is 5.46. The van der Waals surface area contributed by atoms with Crippen molar-refractivity contribution in [1.29, 1.82) is 0 Å². The first-order valence-electron chi connectivity index (χ1n) is 7.53. The van der Waals surface area contributed by atoms with Crippen LogP contribution in [0, 0.1) is 0 Å². The number of nitrogen functional groups attached to an aromatic ring is 1. The van der Waals surface area contributed by atoms with Crippen LogP contribution in [0.1, 0.15) is 24.0 Å². The highest BCUT2D eigenvalue weighted by Gasteiger charge is 2.20. The van der Waals surface area contributed by atoms with Gasteiger partial charge in [-0.05, 0) is 55.0 Å². The van der Waals surface area contributed by atoms with E-state index in [0.29, 0.717) is 6.04 Å². The highest BCUT2D eigenvalue weighted by molar-refractivity contribution is 5.64. The first kappa shape index (κ1) is 13.8. The van der Waals surface area contributed by atoms with Gasteiger partial charge in [-0.25, -0.2) is 0 Å². The number of nitrogens with two attached hydrogens (primary N) is 1. The lowest BCUT2D eigenvalue weighted by Gasteiger charge is -2.28. The van der Waals surface area contributed by atoms with Crippen molar-refractivity contribution >= 4 is 11.4 Å². The van der Waals surface area contributed by atoms with Crippen molar-refractivity contribution in [3.8, 4) is 5.75 Å². The van der Waals surface area contributed by atoms with Crippen LogP contribution in [-0.4, -0.2) is 13.2 Å². The smallest absolute Gasteiger partial charge is 0.142 e. The minimum absolute atomic E-state index is 0.496. The molecule has 0 spiro atoms. The molecule has 0 amide bonds. The summed E-state index contributed by atoms with van der Waals surface area (Å²) in [5.41, 5.74) is 10.5. The fourth-order valence-corrected chi connectivity index (χ4v) is 3.03. The van der Waals surface area contributed by atoms with Crippen LogP contribution < -0.4 is 15.8 Å². The summed E-state index contributed by atoms with van der Waals surface area (Å²) in [4.78, 5) is 0. The summed E-state index contributed by atoms with van der Waals surface area (Å²) in [5, 5.41) is 3.65. The van der Waals surface area contributed by atoms with Crippen LogP contribution in [0.3, 0.4) is 0 Å². The zero-order valence-corrected chi connectivity index (χ0v) is 12.4. The summed E-state index contributed by atoms with van der Waals surface area (Å²) in [7, 11) is 1.73. The molecule has 2 aromatic rings. The summed E-state index contributed by atoms with van der Waals surface area (Å²) >= 11 is 0. The van der Waals surface area contributed by atoms with E-state index in [9.17, 15) is 0 Å². The normalized spacial score (nSPS) is 16.9. The fraction of sp³-hybridized carbons (Fsp3) is 0.333. The maximum Gasteiger partial charge on any atom is 0.142 e. The second kappa shape index (κ2) is 6.08. The zero-order chi connectivity index (χ0) is 14.7. The summed E-state index contributed by atoms with van der Waals surface area (Å²) in [6.07, 6.45) is 4.44. The molecule has 21 heavy (non-hydrogen) atoms. The molecule has 3 rings (SSSR count). The van der Waals surface area contributed by atoms with E-state index in [4.69, 9.17) is 10.5 Å². The Morgan fingerprint density at radius 3 is 2.90 bits per heavy atom. The van der Waals surface area contributed by atoms with E-state index in [-0.39, 0.29) is 0 Å². The average molecular weight is 282 g/mol. The Morgan fingerprint density at radius 1 is 1.24 bits per heavy atom. The van der Waals surface area contributed by atoms with Crippen molar-refractivity contribution in [3.05, 3.63) is 53.6 Å². The van der Waals surface area contributed by atoms with Gasteiger partial charge >= 0.3 is 0 Å². The number of ether oxygens (including phenoxy) is 1. The van der Waals surface area contributed by atoms with Crippen LogP contribution in [0.15, 0.2) is 42.5 Å². The predicted molar refractivity (Wildman–Crippen MR) is 87.9 cm³/mol. The van der Waals surface area contributed by atoms with E-state index < -0.39 is 0 Å². The highest BCUT2D eigenvalue weighted by Crippen LogP contribution is 2.34. The number of methoxy groups -OCH3 is 1. The van der Waals surface area contributed by atoms with Crippen LogP contribution in [-0.2, 0) is 12.8 Å². The second-order valence-corrected chi connectivity index (χ2v) is 5.66. The molecule has 3 N–H and O–H groups in total. The van der Waals surface area contributed by atoms with Crippen LogP contribution in [0.25, 0.3) is 0 Å². The van der Waals surface area contributed by atoms with Crippen LogP contribution in [0.2, 0.25) is 0 Å². The van der Waals surface area contributed by atoms with Gasteiger partial charge in [0.1, 0.15) is 5.75 Å². The van der Waals surface area contributed by atoms with Crippen molar-refractivity contribution in [2.24, 2.45) is 0 Å². The van der Waals surface area contributed by atoms with E-state index in [1.807, 2.05) is 18.2 Å². The third-order valence-electron chi connectivity index (χ3n) is 4.18. The van der Waals surface area contributed by atoms with Crippen LogP contribution >= 0.6 is 0 Å². The van der Waals surface area contributed by atoms with Crippen molar-refractivity contribution in [2.45, 2.75) is 31.7 Å². The van der Waals surface area contributed by atoms with E-state index in [0.717, 1.165) is 30.7 Å². The Morgan fingerprint density at radius 2 is 2.10 bits per heavy atom. The van der Waals surface area contributed by atoms with E-state index >= 15 is 0 Å². The molecule has 3 heteroatoms. The van der Waals surface area contributed by atoms with Gasteiger partial charge < -0.3 is 15.8 Å². The molecule has 2 aromatic carbocycles. The maximum atomic E-state index is 5.84. The Kier molecular flexibility index (Phi) is 4.00. The molecular weight excluding hydrogens is 260 g/mol. The Labute approximate surface area is 126 Å². The number of rotatable bonds is 4. The lowest BCUT2D eigenvalue weighted by Crippen LogP contribution is -2.26. The third kappa shape index (κ3) is 3.13. The lowest BCUT2D eigenvalue weighted by atomic mass is 9.93. The van der Waals surface area contributed by atoms with Crippen molar-refractivity contribution in [1.82, 2.24) is 0 Å². The molecule has 1 aliphatic heterocycles. The number of hydrogen-bond acceptors (Lipinski definition) is 3. The minimum atomic E-state index is 0.496. The molecule has 0 radical (unpaired) electrons. The molecule has 0 bridgehead atoms. The molecule has 1 heterocycles. The molecule has 0 saturated heterocycles. The lowest BCUT2D eigenvalue weighted by molar-refractivity contribution is 0.413. The molecule has 3 nitrogen and oxygen atoms in total. The minimum Gasteiger partial charge on any atom is -0.495 e. The third-order valence-corrected chi connectivity index (χ3v) is 4.18. The van der Waals surface area contributed by atoms with Gasteiger partial charge in [0.15, 0.2) is 0 Å². The molecule has 0 aromatic heterocycles. The Bertz CT molecular complexity index is 610. The van der Waals surface area contributed by atoms with Gasteiger partial charge in [0, 0.05) is 11.7 Å². The van der Waals surface area contributed by atoms with Crippen molar-refractivity contribution in [3.63, 3.8) is 0 Å². The standard InChI is InChI=1S/C18H22N2O/c1-21-17-7-3-5-14-9-11-16(20-18(14)17)10-8-13-4-2-6-15(19)12-13/h2-7,12,16,20H,8-11,19H2,1H3/t16-/m0/s1. The molecule has 0 aliphatic carbocycles. The topological polar surface area (TPSA) is 47.3 Å². The van der Waals surface area contributed by atoms with Gasteiger partial charge in [-0.3, -0.25) is 0 Å². The van der Waals surface area contributed by atoms with E-state index in [2.05, 4.69) is 29.6 Å². The number of nitrogens with one attached hydrogen (secondary N) is 1. The highest BCUT2D eigenvalue weighted by atomic mass is 16.5. The van der Waals surface area contributed by atoms with Gasteiger partial charge in [0.2, 0.25) is 0 Å². The second-order valence-electron chi connectivity index (χ2n) is 5.66. The fourth-order valence-electron chi connectivity index (χ4n) is 3.03. The maximum absolute atomic E-state index is 5.84. The summed E-state index contributed by atoms with van der Waals surface area (Å²) in [6, 6.07) is 14.9. The SMILES string of the molecule is COc1cccc2c1N[C@@H](CCc1cccc(N)c1)CC2. The van der Waals surface area contributed by atoms with Gasteiger partial charge in [0.25, 0.3) is 0 Å². The number of benzene rings is 2. The van der Waals surface area contributed by atoms with Crippen molar-refractivity contribution in [2.75, 3.05) is 18.2 Å². The number of aryl methyl sites for hydroxylation is 2. The van der Waals surface area contributed by atoms with Crippen molar-refractivity contribution < 1.29 is 4.74 Å². The quantitative estimate of drug-likeness (QED) is 0.842. The number of para-hydroxylation sites is 1. The molecule has 0 unspecified atom stereocenters. The van der Waals surface area contributed by atoms with Gasteiger partial charge in [-0.1, -0.05) is 24.3 Å².